The van der Waals surface area contributed by atoms with E-state index in [9.17, 15) is 13.2 Å². The number of benzene rings is 1. The number of rotatable bonds is 9. The molecule has 1 aromatic carbocycles. The highest BCUT2D eigenvalue weighted by Crippen LogP contribution is 2.27. The van der Waals surface area contributed by atoms with Crippen LogP contribution >= 0.6 is 11.3 Å². The fourth-order valence-corrected chi connectivity index (χ4v) is 4.78. The number of carbonyl (C=O) groups is 1. The third-order valence-electron chi connectivity index (χ3n) is 3.91. The van der Waals surface area contributed by atoms with Gasteiger partial charge in [0.2, 0.25) is 5.91 Å². The summed E-state index contributed by atoms with van der Waals surface area (Å²) in [5.74, 6) is 0.546. The fraction of sp³-hybridized carbons (Fsp3) is 0.389. The highest BCUT2D eigenvalue weighted by molar-refractivity contribution is 7.91. The van der Waals surface area contributed by atoms with E-state index < -0.39 is 16.1 Å². The summed E-state index contributed by atoms with van der Waals surface area (Å²) in [5.41, 5.74) is 0.810. The Labute approximate surface area is 163 Å². The van der Waals surface area contributed by atoms with Crippen LogP contribution in [0.2, 0.25) is 0 Å². The lowest BCUT2D eigenvalue weighted by Gasteiger charge is -2.21. The standard InChI is InChI=1S/C18H24N2O5S2/c1-12(2)17(20-27(22,23)16-6-5-9-26-16)18(21)19-11-13-7-8-14(24-3)15(10-13)25-4/h5-10,12,17,20H,11H2,1-4H3,(H,19,21)/t17-/m1/s1. The molecule has 2 rings (SSSR count). The molecular weight excluding hydrogens is 388 g/mol. The second-order valence-corrected chi connectivity index (χ2v) is 9.07. The summed E-state index contributed by atoms with van der Waals surface area (Å²) < 4.78 is 38.0. The molecule has 7 nitrogen and oxygen atoms in total. The second kappa shape index (κ2) is 9.20. The van der Waals surface area contributed by atoms with Crippen LogP contribution in [0.25, 0.3) is 0 Å². The van der Waals surface area contributed by atoms with Crippen LogP contribution in [-0.2, 0) is 21.4 Å². The molecular formula is C18H24N2O5S2. The predicted octanol–water partition coefficient (Wildman–Crippen LogP) is 2.38. The maximum absolute atomic E-state index is 12.6. The predicted molar refractivity (Wildman–Crippen MR) is 105 cm³/mol. The zero-order chi connectivity index (χ0) is 20.0. The van der Waals surface area contributed by atoms with Crippen molar-refractivity contribution in [2.75, 3.05) is 14.2 Å². The van der Waals surface area contributed by atoms with Gasteiger partial charge >= 0.3 is 0 Å². The lowest BCUT2D eigenvalue weighted by atomic mass is 10.0. The van der Waals surface area contributed by atoms with E-state index >= 15 is 0 Å². The number of hydrogen-bond acceptors (Lipinski definition) is 6. The van der Waals surface area contributed by atoms with Gasteiger partial charge in [0.05, 0.1) is 14.2 Å². The van der Waals surface area contributed by atoms with Gasteiger partial charge < -0.3 is 14.8 Å². The third-order valence-corrected chi connectivity index (χ3v) is 6.74. The molecule has 1 atom stereocenters. The van der Waals surface area contributed by atoms with E-state index in [0.717, 1.165) is 16.9 Å². The molecule has 0 saturated heterocycles. The monoisotopic (exact) mass is 412 g/mol. The minimum absolute atomic E-state index is 0.181. The summed E-state index contributed by atoms with van der Waals surface area (Å²) in [6.45, 7) is 3.82. The van der Waals surface area contributed by atoms with Crippen molar-refractivity contribution >= 4 is 27.3 Å². The van der Waals surface area contributed by atoms with Gasteiger partial charge in [0, 0.05) is 6.54 Å². The van der Waals surface area contributed by atoms with Crippen LogP contribution in [0.5, 0.6) is 11.5 Å². The van der Waals surface area contributed by atoms with E-state index in [1.165, 1.54) is 13.2 Å². The van der Waals surface area contributed by atoms with Gasteiger partial charge in [-0.3, -0.25) is 4.79 Å². The van der Waals surface area contributed by atoms with Crippen LogP contribution in [0.3, 0.4) is 0 Å². The van der Waals surface area contributed by atoms with Crippen molar-refractivity contribution in [3.63, 3.8) is 0 Å². The molecule has 0 spiro atoms. The van der Waals surface area contributed by atoms with Crippen LogP contribution in [-0.4, -0.2) is 34.6 Å². The van der Waals surface area contributed by atoms with E-state index in [2.05, 4.69) is 10.0 Å². The molecule has 0 aliphatic rings. The second-order valence-electron chi connectivity index (χ2n) is 6.18. The van der Waals surface area contributed by atoms with Gasteiger partial charge in [-0.1, -0.05) is 26.0 Å². The maximum Gasteiger partial charge on any atom is 0.250 e. The molecule has 0 radical (unpaired) electrons. The van der Waals surface area contributed by atoms with Crippen LogP contribution in [0.15, 0.2) is 39.9 Å². The minimum atomic E-state index is -3.74. The van der Waals surface area contributed by atoms with E-state index in [0.29, 0.717) is 11.5 Å². The molecule has 27 heavy (non-hydrogen) atoms. The number of sulfonamides is 1. The Bertz CT molecular complexity index is 864. The normalized spacial score (nSPS) is 12.6. The van der Waals surface area contributed by atoms with Gasteiger partial charge in [-0.15, -0.1) is 11.3 Å². The number of carbonyl (C=O) groups excluding carboxylic acids is 1. The average molecular weight is 413 g/mol. The number of thiophene rings is 1. The quantitative estimate of drug-likeness (QED) is 0.660. The van der Waals surface area contributed by atoms with Crippen LogP contribution < -0.4 is 19.5 Å². The van der Waals surface area contributed by atoms with E-state index in [4.69, 9.17) is 9.47 Å². The first-order valence-corrected chi connectivity index (χ1v) is 10.7. The van der Waals surface area contributed by atoms with Crippen molar-refractivity contribution in [1.82, 2.24) is 10.0 Å². The maximum atomic E-state index is 12.6. The number of nitrogens with one attached hydrogen (secondary N) is 2. The molecule has 0 bridgehead atoms. The van der Waals surface area contributed by atoms with Crippen molar-refractivity contribution < 1.29 is 22.7 Å². The Hall–Kier alpha value is -2.10. The van der Waals surface area contributed by atoms with Crippen molar-refractivity contribution in [2.45, 2.75) is 30.6 Å². The fourth-order valence-electron chi connectivity index (χ4n) is 2.42. The Morgan fingerprint density at radius 2 is 1.85 bits per heavy atom. The Kier molecular flexibility index (Phi) is 7.23. The summed E-state index contributed by atoms with van der Waals surface area (Å²) in [5, 5.41) is 4.45. The molecule has 1 amide bonds. The lowest BCUT2D eigenvalue weighted by Crippen LogP contribution is -2.49. The first-order chi connectivity index (χ1) is 12.8. The first-order valence-electron chi connectivity index (χ1n) is 8.33. The molecule has 9 heteroatoms. The van der Waals surface area contributed by atoms with Gasteiger partial charge in [0.25, 0.3) is 10.0 Å². The highest BCUT2D eigenvalue weighted by atomic mass is 32.2. The van der Waals surface area contributed by atoms with Gasteiger partial charge in [-0.05, 0) is 35.1 Å². The molecule has 0 saturated carbocycles. The first kappa shape index (κ1) is 21.2. The molecule has 148 valence electrons. The molecule has 2 aromatic rings. The number of hydrogen-bond donors (Lipinski definition) is 2. The Morgan fingerprint density at radius 3 is 2.41 bits per heavy atom. The smallest absolute Gasteiger partial charge is 0.250 e. The van der Waals surface area contributed by atoms with Crippen molar-refractivity contribution in [3.8, 4) is 11.5 Å². The molecule has 0 unspecified atom stereocenters. The van der Waals surface area contributed by atoms with Gasteiger partial charge in [-0.2, -0.15) is 4.72 Å². The molecule has 0 aliphatic carbocycles. The van der Waals surface area contributed by atoms with Crippen LogP contribution in [0.1, 0.15) is 19.4 Å². The largest absolute Gasteiger partial charge is 0.493 e. The summed E-state index contributed by atoms with van der Waals surface area (Å²) in [6, 6.07) is 7.60. The topological polar surface area (TPSA) is 93.7 Å². The highest BCUT2D eigenvalue weighted by Gasteiger charge is 2.28. The van der Waals surface area contributed by atoms with Crippen LogP contribution in [0, 0.1) is 5.92 Å². The lowest BCUT2D eigenvalue weighted by molar-refractivity contribution is -0.123. The SMILES string of the molecule is COc1ccc(CNC(=O)[C@H](NS(=O)(=O)c2cccs2)C(C)C)cc1OC. The summed E-state index contributed by atoms with van der Waals surface area (Å²) in [6.07, 6.45) is 0. The van der Waals surface area contributed by atoms with Crippen molar-refractivity contribution in [3.05, 3.63) is 41.3 Å². The molecule has 0 fully saturated rings. The Balaban J connectivity index is 2.07. The zero-order valence-electron chi connectivity index (χ0n) is 15.7. The molecule has 1 aromatic heterocycles. The van der Waals surface area contributed by atoms with Crippen molar-refractivity contribution in [2.24, 2.45) is 5.92 Å². The minimum Gasteiger partial charge on any atom is -0.493 e. The summed E-state index contributed by atoms with van der Waals surface area (Å²) >= 11 is 1.11. The number of methoxy groups -OCH3 is 2. The van der Waals surface area contributed by atoms with E-state index in [-0.39, 0.29) is 22.6 Å². The van der Waals surface area contributed by atoms with Gasteiger partial charge in [0.1, 0.15) is 10.3 Å². The van der Waals surface area contributed by atoms with E-state index in [1.54, 1.807) is 44.5 Å². The third kappa shape index (κ3) is 5.44. The number of amides is 1. The molecule has 1 heterocycles. The summed E-state index contributed by atoms with van der Waals surface area (Å²) in [7, 11) is -0.654. The summed E-state index contributed by atoms with van der Waals surface area (Å²) in [4.78, 5) is 12.6. The van der Waals surface area contributed by atoms with Gasteiger partial charge in [-0.25, -0.2) is 8.42 Å². The van der Waals surface area contributed by atoms with Crippen LogP contribution in [0.4, 0.5) is 0 Å². The molecule has 2 N–H and O–H groups in total. The van der Waals surface area contributed by atoms with E-state index in [1.807, 2.05) is 6.07 Å². The molecule has 0 aliphatic heterocycles. The zero-order valence-corrected chi connectivity index (χ0v) is 17.3. The van der Waals surface area contributed by atoms with Crippen molar-refractivity contribution in [1.29, 1.82) is 0 Å². The Morgan fingerprint density at radius 1 is 1.15 bits per heavy atom. The van der Waals surface area contributed by atoms with Gasteiger partial charge in [0.15, 0.2) is 11.5 Å². The average Bonchev–Trinajstić information content (AvgIpc) is 3.19. The number of ether oxygens (including phenoxy) is 2.